The number of pyridine rings is 1. The van der Waals surface area contributed by atoms with Crippen LogP contribution < -0.4 is 10.2 Å². The standard InChI is InChI=1S/C12H14F3N3O/c1-8-6-17-11(19)4-5-18(8)10-3-2-9(7-16-10)12(13,14)15/h2-3,7-8H,4-6H2,1H3,(H,17,19). The summed E-state index contributed by atoms with van der Waals surface area (Å²) >= 11 is 0. The van der Waals surface area contributed by atoms with Crippen LogP contribution in [0.1, 0.15) is 18.9 Å². The van der Waals surface area contributed by atoms with Crippen molar-refractivity contribution >= 4 is 11.7 Å². The Morgan fingerprint density at radius 3 is 2.74 bits per heavy atom. The van der Waals surface area contributed by atoms with Gasteiger partial charge in [-0.3, -0.25) is 4.79 Å². The van der Waals surface area contributed by atoms with Crippen molar-refractivity contribution in [1.82, 2.24) is 10.3 Å². The van der Waals surface area contributed by atoms with Crippen LogP contribution in [0, 0.1) is 0 Å². The van der Waals surface area contributed by atoms with E-state index < -0.39 is 11.7 Å². The maximum absolute atomic E-state index is 12.4. The molecule has 1 aromatic rings. The normalized spacial score (nSPS) is 20.9. The Labute approximate surface area is 108 Å². The van der Waals surface area contributed by atoms with Gasteiger partial charge in [0.05, 0.1) is 5.56 Å². The van der Waals surface area contributed by atoms with Gasteiger partial charge in [0, 0.05) is 31.7 Å². The zero-order chi connectivity index (χ0) is 14.0. The van der Waals surface area contributed by atoms with Crippen molar-refractivity contribution in [1.29, 1.82) is 0 Å². The number of aromatic nitrogens is 1. The van der Waals surface area contributed by atoms with Gasteiger partial charge in [-0.1, -0.05) is 0 Å². The Morgan fingerprint density at radius 2 is 2.16 bits per heavy atom. The van der Waals surface area contributed by atoms with Crippen LogP contribution in [-0.4, -0.2) is 30.0 Å². The van der Waals surface area contributed by atoms with Crippen LogP contribution in [0.25, 0.3) is 0 Å². The van der Waals surface area contributed by atoms with E-state index >= 15 is 0 Å². The fourth-order valence-corrected chi connectivity index (χ4v) is 1.97. The Balaban J connectivity index is 2.19. The molecule has 1 fully saturated rings. The van der Waals surface area contributed by atoms with Crippen LogP contribution in [0.3, 0.4) is 0 Å². The van der Waals surface area contributed by atoms with E-state index in [1.54, 1.807) is 0 Å². The van der Waals surface area contributed by atoms with Crippen molar-refractivity contribution in [2.75, 3.05) is 18.0 Å². The number of anilines is 1. The van der Waals surface area contributed by atoms with Crippen molar-refractivity contribution in [2.24, 2.45) is 0 Å². The number of nitrogens with one attached hydrogen (secondary N) is 1. The molecule has 0 bridgehead atoms. The van der Waals surface area contributed by atoms with E-state index in [0.29, 0.717) is 25.3 Å². The first-order chi connectivity index (χ1) is 8.88. The van der Waals surface area contributed by atoms with Gasteiger partial charge < -0.3 is 10.2 Å². The van der Waals surface area contributed by atoms with Gasteiger partial charge in [-0.25, -0.2) is 4.98 Å². The lowest BCUT2D eigenvalue weighted by atomic mass is 10.2. The maximum Gasteiger partial charge on any atom is 0.417 e. The lowest BCUT2D eigenvalue weighted by molar-refractivity contribution is -0.137. The first-order valence-electron chi connectivity index (χ1n) is 5.94. The summed E-state index contributed by atoms with van der Waals surface area (Å²) in [6.45, 7) is 2.80. The summed E-state index contributed by atoms with van der Waals surface area (Å²) < 4.78 is 37.3. The first kappa shape index (κ1) is 13.6. The zero-order valence-corrected chi connectivity index (χ0v) is 10.4. The molecule has 104 valence electrons. The van der Waals surface area contributed by atoms with E-state index in [0.717, 1.165) is 12.3 Å². The second-order valence-electron chi connectivity index (χ2n) is 4.50. The van der Waals surface area contributed by atoms with Crippen LogP contribution in [0.4, 0.5) is 19.0 Å². The zero-order valence-electron chi connectivity index (χ0n) is 10.4. The van der Waals surface area contributed by atoms with Crippen LogP contribution in [0.2, 0.25) is 0 Å². The van der Waals surface area contributed by atoms with Crippen LogP contribution in [0.15, 0.2) is 18.3 Å². The van der Waals surface area contributed by atoms with E-state index in [2.05, 4.69) is 10.3 Å². The van der Waals surface area contributed by atoms with Gasteiger partial charge in [0.25, 0.3) is 0 Å². The minimum Gasteiger partial charge on any atom is -0.354 e. The van der Waals surface area contributed by atoms with E-state index in [1.165, 1.54) is 6.07 Å². The van der Waals surface area contributed by atoms with Crippen molar-refractivity contribution in [3.63, 3.8) is 0 Å². The number of nitrogens with zero attached hydrogens (tertiary/aromatic N) is 2. The van der Waals surface area contributed by atoms with Gasteiger partial charge in [0.1, 0.15) is 5.82 Å². The summed E-state index contributed by atoms with van der Waals surface area (Å²) in [5.41, 5.74) is -0.770. The molecule has 1 aliphatic rings. The molecular formula is C12H14F3N3O. The molecule has 2 rings (SSSR count). The summed E-state index contributed by atoms with van der Waals surface area (Å²) in [5, 5.41) is 2.74. The SMILES string of the molecule is CC1CNC(=O)CCN1c1ccc(C(F)(F)F)cn1. The quantitative estimate of drug-likeness (QED) is 0.849. The van der Waals surface area contributed by atoms with Gasteiger partial charge >= 0.3 is 6.18 Å². The lowest BCUT2D eigenvalue weighted by Gasteiger charge is -2.27. The van der Waals surface area contributed by atoms with Gasteiger partial charge in [-0.05, 0) is 19.1 Å². The van der Waals surface area contributed by atoms with E-state index in [-0.39, 0.29) is 11.9 Å². The lowest BCUT2D eigenvalue weighted by Crippen LogP contribution is -2.38. The number of carbonyl (C=O) groups is 1. The topological polar surface area (TPSA) is 45.2 Å². The monoisotopic (exact) mass is 273 g/mol. The summed E-state index contributed by atoms with van der Waals surface area (Å²) in [6, 6.07) is 2.35. The molecule has 0 saturated carbocycles. The summed E-state index contributed by atoms with van der Waals surface area (Å²) in [5.74, 6) is 0.401. The molecule has 7 heteroatoms. The van der Waals surface area contributed by atoms with Gasteiger partial charge in [0.15, 0.2) is 0 Å². The highest BCUT2D eigenvalue weighted by molar-refractivity contribution is 5.77. The van der Waals surface area contributed by atoms with Gasteiger partial charge in [-0.15, -0.1) is 0 Å². The summed E-state index contributed by atoms with van der Waals surface area (Å²) in [7, 11) is 0. The molecule has 2 heterocycles. The highest BCUT2D eigenvalue weighted by atomic mass is 19.4. The Kier molecular flexibility index (Phi) is 3.64. The Hall–Kier alpha value is -1.79. The predicted molar refractivity (Wildman–Crippen MR) is 63.7 cm³/mol. The number of hydrogen-bond acceptors (Lipinski definition) is 3. The molecule has 1 amide bonds. The fourth-order valence-electron chi connectivity index (χ4n) is 1.97. The molecular weight excluding hydrogens is 259 g/mol. The molecule has 4 nitrogen and oxygen atoms in total. The number of halogens is 3. The maximum atomic E-state index is 12.4. The molecule has 1 saturated heterocycles. The van der Waals surface area contributed by atoms with E-state index in [1.807, 2.05) is 11.8 Å². The van der Waals surface area contributed by atoms with Crippen LogP contribution in [-0.2, 0) is 11.0 Å². The molecule has 1 unspecified atom stereocenters. The highest BCUT2D eigenvalue weighted by Gasteiger charge is 2.31. The fraction of sp³-hybridized carbons (Fsp3) is 0.500. The molecule has 19 heavy (non-hydrogen) atoms. The minimum atomic E-state index is -4.38. The van der Waals surface area contributed by atoms with Crippen molar-refractivity contribution < 1.29 is 18.0 Å². The van der Waals surface area contributed by atoms with Crippen molar-refractivity contribution in [3.8, 4) is 0 Å². The molecule has 0 radical (unpaired) electrons. The molecule has 0 aromatic carbocycles. The van der Waals surface area contributed by atoms with Crippen LogP contribution >= 0.6 is 0 Å². The molecule has 0 spiro atoms. The average molecular weight is 273 g/mol. The molecule has 0 aliphatic carbocycles. The average Bonchev–Trinajstić information content (AvgIpc) is 2.51. The van der Waals surface area contributed by atoms with E-state index in [9.17, 15) is 18.0 Å². The Bertz CT molecular complexity index is 458. The van der Waals surface area contributed by atoms with Crippen LogP contribution in [0.5, 0.6) is 0 Å². The molecule has 1 aliphatic heterocycles. The molecule has 1 N–H and O–H groups in total. The third-order valence-corrected chi connectivity index (χ3v) is 3.08. The van der Waals surface area contributed by atoms with E-state index in [4.69, 9.17) is 0 Å². The smallest absolute Gasteiger partial charge is 0.354 e. The second-order valence-corrected chi connectivity index (χ2v) is 4.50. The first-order valence-corrected chi connectivity index (χ1v) is 5.94. The van der Waals surface area contributed by atoms with Crippen molar-refractivity contribution in [2.45, 2.75) is 25.6 Å². The number of alkyl halides is 3. The highest BCUT2D eigenvalue weighted by Crippen LogP contribution is 2.29. The largest absolute Gasteiger partial charge is 0.417 e. The summed E-state index contributed by atoms with van der Waals surface area (Å²) in [4.78, 5) is 17.0. The summed E-state index contributed by atoms with van der Waals surface area (Å²) in [6.07, 6.45) is -3.25. The molecule has 1 atom stereocenters. The van der Waals surface area contributed by atoms with Gasteiger partial charge in [-0.2, -0.15) is 13.2 Å². The number of amides is 1. The van der Waals surface area contributed by atoms with Gasteiger partial charge in [0.2, 0.25) is 5.91 Å². The number of hydrogen-bond donors (Lipinski definition) is 1. The minimum absolute atomic E-state index is 0.00399. The molecule has 1 aromatic heterocycles. The Morgan fingerprint density at radius 1 is 1.42 bits per heavy atom. The third kappa shape index (κ3) is 3.15. The predicted octanol–water partition coefficient (Wildman–Crippen LogP) is 1.82. The van der Waals surface area contributed by atoms with Crippen molar-refractivity contribution in [3.05, 3.63) is 23.9 Å². The number of carbonyl (C=O) groups excluding carboxylic acids is 1. The number of rotatable bonds is 1. The second kappa shape index (κ2) is 5.07. The third-order valence-electron chi connectivity index (χ3n) is 3.08.